The lowest BCUT2D eigenvalue weighted by molar-refractivity contribution is 0.398. The lowest BCUT2D eigenvalue weighted by Gasteiger charge is -2.21. The number of aromatic nitrogens is 1. The zero-order valence-corrected chi connectivity index (χ0v) is 16.0. The number of hydrogen-bond donors (Lipinski definition) is 3. The number of rotatable bonds is 7. The molecule has 2 aromatic rings. The molecule has 0 aliphatic carbocycles. The third-order valence-electron chi connectivity index (χ3n) is 2.75. The number of pyridine rings is 1. The van der Waals surface area contributed by atoms with Gasteiger partial charge in [0.25, 0.3) is 0 Å². The molecular weight excluding hydrogens is 366 g/mol. The van der Waals surface area contributed by atoms with Crippen LogP contribution in [0.25, 0.3) is 0 Å². The zero-order valence-electron chi connectivity index (χ0n) is 14.4. The standard InChI is InChI=1S/C13H16ClN5O3S.C2H6/c1-19(16)13-9(15)4-5-10(20-2)12(13)18-22-23-21-8-3-6-11(14)17-7-8;1-2/h3-7,18H,15-16H2,1-2H3;1-2H3. The molecule has 1 aromatic carbocycles. The number of nitrogens with one attached hydrogen (secondary N) is 1. The van der Waals surface area contributed by atoms with Gasteiger partial charge in [0, 0.05) is 7.05 Å². The summed E-state index contributed by atoms with van der Waals surface area (Å²) in [5, 5.41) is 1.74. The second-order valence-corrected chi connectivity index (χ2v) is 5.20. The molecule has 0 radical (unpaired) electrons. The van der Waals surface area contributed by atoms with E-state index >= 15 is 0 Å². The van der Waals surface area contributed by atoms with Crippen LogP contribution >= 0.6 is 23.9 Å². The smallest absolute Gasteiger partial charge is 0.250 e. The van der Waals surface area contributed by atoms with Crippen LogP contribution in [0.2, 0.25) is 5.15 Å². The zero-order chi connectivity index (χ0) is 18.8. The predicted octanol–water partition coefficient (Wildman–Crippen LogP) is 3.65. The summed E-state index contributed by atoms with van der Waals surface area (Å²) in [7, 11) is 3.18. The van der Waals surface area contributed by atoms with Crippen LogP contribution in [0.3, 0.4) is 0 Å². The van der Waals surface area contributed by atoms with Crippen molar-refractivity contribution in [2.45, 2.75) is 13.8 Å². The van der Waals surface area contributed by atoms with Gasteiger partial charge in [-0.3, -0.25) is 0 Å². The number of hydrazine groups is 1. The summed E-state index contributed by atoms with van der Waals surface area (Å²) in [5.41, 5.74) is 10.1. The Labute approximate surface area is 156 Å². The van der Waals surface area contributed by atoms with Crippen molar-refractivity contribution in [3.63, 3.8) is 0 Å². The molecule has 0 saturated heterocycles. The molecule has 2 rings (SSSR count). The number of nitrogens with zero attached hydrogens (tertiary/aromatic N) is 2. The van der Waals surface area contributed by atoms with Crippen LogP contribution in [0, 0.1) is 0 Å². The second-order valence-electron chi connectivity index (χ2n) is 4.34. The fourth-order valence-electron chi connectivity index (χ4n) is 1.76. The molecule has 1 aromatic heterocycles. The topological polar surface area (TPSA) is 108 Å². The van der Waals surface area contributed by atoms with Crippen molar-refractivity contribution in [1.82, 2.24) is 4.98 Å². The van der Waals surface area contributed by atoms with E-state index in [-0.39, 0.29) is 0 Å². The molecule has 0 saturated carbocycles. The van der Waals surface area contributed by atoms with Crippen LogP contribution in [0.1, 0.15) is 13.8 Å². The molecule has 0 atom stereocenters. The van der Waals surface area contributed by atoms with Gasteiger partial charge < -0.3 is 19.7 Å². The molecule has 0 fully saturated rings. The summed E-state index contributed by atoms with van der Waals surface area (Å²) >= 11 is 6.39. The van der Waals surface area contributed by atoms with Gasteiger partial charge in [0.2, 0.25) is 12.3 Å². The van der Waals surface area contributed by atoms with Crippen LogP contribution in [0.5, 0.6) is 11.5 Å². The molecular formula is C15H22ClN5O3S. The van der Waals surface area contributed by atoms with Gasteiger partial charge in [0.05, 0.1) is 19.0 Å². The van der Waals surface area contributed by atoms with Gasteiger partial charge in [0.15, 0.2) is 5.75 Å². The van der Waals surface area contributed by atoms with E-state index in [0.29, 0.717) is 46.0 Å². The first-order valence-electron chi connectivity index (χ1n) is 7.35. The first kappa shape index (κ1) is 21.0. The van der Waals surface area contributed by atoms with Crippen LogP contribution in [0.4, 0.5) is 17.1 Å². The maximum Gasteiger partial charge on any atom is 0.250 e. The normalized spacial score (nSPS) is 9.68. The number of ether oxygens (including phenoxy) is 1. The molecule has 138 valence electrons. The number of benzene rings is 1. The number of nitrogen functional groups attached to an aromatic ring is 1. The lowest BCUT2D eigenvalue weighted by atomic mass is 10.2. The van der Waals surface area contributed by atoms with Crippen molar-refractivity contribution >= 4 is 41.0 Å². The number of nitrogens with two attached hydrogens (primary N) is 2. The molecule has 25 heavy (non-hydrogen) atoms. The Kier molecular flexibility index (Phi) is 9.00. The van der Waals surface area contributed by atoms with Gasteiger partial charge in [-0.05, 0) is 24.3 Å². The van der Waals surface area contributed by atoms with E-state index in [1.54, 1.807) is 31.3 Å². The van der Waals surface area contributed by atoms with E-state index in [9.17, 15) is 0 Å². The Balaban J connectivity index is 0.00000151. The van der Waals surface area contributed by atoms with Crippen molar-refractivity contribution in [3.8, 4) is 11.5 Å². The Morgan fingerprint density at radius 2 is 1.96 bits per heavy atom. The van der Waals surface area contributed by atoms with Gasteiger partial charge in [-0.2, -0.15) is 4.28 Å². The first-order valence-corrected chi connectivity index (χ1v) is 8.40. The molecule has 8 nitrogen and oxygen atoms in total. The van der Waals surface area contributed by atoms with Crippen LogP contribution < -0.4 is 31.0 Å². The van der Waals surface area contributed by atoms with Crippen LogP contribution in [-0.2, 0) is 4.28 Å². The molecule has 0 spiro atoms. The highest BCUT2D eigenvalue weighted by molar-refractivity contribution is 7.90. The average molecular weight is 388 g/mol. The van der Waals surface area contributed by atoms with Gasteiger partial charge in [-0.1, -0.05) is 25.4 Å². The lowest BCUT2D eigenvalue weighted by Crippen LogP contribution is -2.27. The maximum absolute atomic E-state index is 5.92. The first-order chi connectivity index (χ1) is 12.0. The van der Waals surface area contributed by atoms with Gasteiger partial charge in [-0.15, -0.1) is 0 Å². The van der Waals surface area contributed by atoms with Crippen molar-refractivity contribution in [2.75, 3.05) is 30.4 Å². The maximum atomic E-state index is 5.92. The van der Waals surface area contributed by atoms with Crippen molar-refractivity contribution in [2.24, 2.45) is 5.84 Å². The van der Waals surface area contributed by atoms with Crippen LogP contribution in [-0.4, -0.2) is 19.1 Å². The highest BCUT2D eigenvalue weighted by Gasteiger charge is 2.15. The highest BCUT2D eigenvalue weighted by atomic mass is 35.5. The van der Waals surface area contributed by atoms with Gasteiger partial charge in [-0.25, -0.2) is 16.3 Å². The molecule has 5 N–H and O–H groups in total. The van der Waals surface area contributed by atoms with E-state index in [1.807, 2.05) is 13.8 Å². The van der Waals surface area contributed by atoms with Crippen molar-refractivity contribution in [1.29, 1.82) is 0 Å². The Hall–Kier alpha value is -2.07. The minimum absolute atomic E-state index is 0.376. The van der Waals surface area contributed by atoms with Gasteiger partial charge >= 0.3 is 0 Å². The SMILES string of the molecule is CC.COc1ccc(N)c(N(C)N)c1NOSOc1ccc(Cl)nc1. The highest BCUT2D eigenvalue weighted by Crippen LogP contribution is 2.39. The third-order valence-corrected chi connectivity index (χ3v) is 3.39. The van der Waals surface area contributed by atoms with Crippen molar-refractivity contribution < 1.29 is 13.2 Å². The molecule has 0 amide bonds. The Morgan fingerprint density at radius 1 is 1.24 bits per heavy atom. The fraction of sp³-hybridized carbons (Fsp3) is 0.267. The monoisotopic (exact) mass is 387 g/mol. The number of hydrogen-bond acceptors (Lipinski definition) is 9. The minimum atomic E-state index is 0.376. The second kappa shape index (κ2) is 10.7. The predicted molar refractivity (Wildman–Crippen MR) is 104 cm³/mol. The number of halogens is 1. The Morgan fingerprint density at radius 3 is 2.52 bits per heavy atom. The summed E-state index contributed by atoms with van der Waals surface area (Å²) in [6.45, 7) is 4.00. The molecule has 1 heterocycles. The van der Waals surface area contributed by atoms with E-state index in [0.717, 1.165) is 0 Å². The van der Waals surface area contributed by atoms with E-state index in [1.165, 1.54) is 18.3 Å². The molecule has 0 aliphatic heterocycles. The average Bonchev–Trinajstić information content (AvgIpc) is 2.61. The largest absolute Gasteiger partial charge is 0.494 e. The third kappa shape index (κ3) is 6.05. The molecule has 0 bridgehead atoms. The summed E-state index contributed by atoms with van der Waals surface area (Å²) < 4.78 is 15.8. The summed E-state index contributed by atoms with van der Waals surface area (Å²) in [4.78, 5) is 3.88. The minimum Gasteiger partial charge on any atom is -0.494 e. The molecule has 0 aliphatic rings. The summed E-state index contributed by atoms with van der Waals surface area (Å²) in [6, 6.07) is 6.65. The van der Waals surface area contributed by atoms with Crippen LogP contribution in [0.15, 0.2) is 30.5 Å². The Bertz CT molecular complexity index is 658. The molecule has 10 heteroatoms. The molecule has 0 unspecified atom stereocenters. The fourth-order valence-corrected chi connectivity index (χ4v) is 2.20. The van der Waals surface area contributed by atoms with E-state index in [4.69, 9.17) is 36.4 Å². The quantitative estimate of drug-likeness (QED) is 0.164. The number of anilines is 3. The number of methoxy groups -OCH3 is 1. The van der Waals surface area contributed by atoms with Gasteiger partial charge in [0.1, 0.15) is 22.3 Å². The van der Waals surface area contributed by atoms with Crippen molar-refractivity contribution in [3.05, 3.63) is 35.6 Å². The summed E-state index contributed by atoms with van der Waals surface area (Å²) in [6.07, 6.45) is 1.47. The van der Waals surface area contributed by atoms with E-state index in [2.05, 4.69) is 10.5 Å². The van der Waals surface area contributed by atoms with E-state index < -0.39 is 0 Å². The summed E-state index contributed by atoms with van der Waals surface area (Å²) in [5.74, 6) is 6.79.